The molecule has 0 aromatic heterocycles. The Kier molecular flexibility index (Phi) is 5.54. The summed E-state index contributed by atoms with van der Waals surface area (Å²) in [5.74, 6) is 0.349. The summed E-state index contributed by atoms with van der Waals surface area (Å²) in [4.78, 5) is 25.6. The van der Waals surface area contributed by atoms with Crippen molar-refractivity contribution in [3.63, 3.8) is 0 Å². The van der Waals surface area contributed by atoms with E-state index in [1.54, 1.807) is 29.2 Å². The Bertz CT molecular complexity index is 908. The molecule has 1 aliphatic heterocycles. The summed E-state index contributed by atoms with van der Waals surface area (Å²) in [6.07, 6.45) is 3.29. The summed E-state index contributed by atoms with van der Waals surface area (Å²) in [6.45, 7) is 9.01. The van der Waals surface area contributed by atoms with Gasteiger partial charge in [-0.15, -0.1) is 0 Å². The molecule has 2 aromatic rings. The number of ether oxygens (including phenoxy) is 1. The number of anilines is 2. The average Bonchev–Trinajstić information content (AvgIpc) is 2.65. The lowest BCUT2D eigenvalue weighted by atomic mass is 9.87. The van der Waals surface area contributed by atoms with Gasteiger partial charge in [-0.25, -0.2) is 0 Å². The molecule has 0 fully saturated rings. The van der Waals surface area contributed by atoms with Crippen molar-refractivity contribution < 1.29 is 14.3 Å². The Morgan fingerprint density at radius 3 is 2.46 bits per heavy atom. The Morgan fingerprint density at radius 1 is 1.11 bits per heavy atom. The van der Waals surface area contributed by atoms with Crippen LogP contribution in [0.3, 0.4) is 0 Å². The zero-order valence-electron chi connectivity index (χ0n) is 16.8. The number of carbonyl (C=O) groups excluding carboxylic acids is 2. The minimum Gasteiger partial charge on any atom is -0.489 e. The highest BCUT2D eigenvalue weighted by Gasteiger charge is 2.21. The van der Waals surface area contributed by atoms with Crippen molar-refractivity contribution in [3.05, 3.63) is 59.7 Å². The molecular formula is C23H26N2O3. The predicted molar refractivity (Wildman–Crippen MR) is 113 cm³/mol. The van der Waals surface area contributed by atoms with E-state index in [1.165, 1.54) is 18.6 Å². The van der Waals surface area contributed by atoms with Gasteiger partial charge >= 0.3 is 0 Å². The fourth-order valence-corrected chi connectivity index (χ4v) is 3.07. The summed E-state index contributed by atoms with van der Waals surface area (Å²) < 4.78 is 5.63. The quantitative estimate of drug-likeness (QED) is 0.807. The standard InChI is InChI=1S/C23H26N2O3/c1-16(26)25-13-14-28-21-15-19(10-11-20(21)25)24-22(27)12-7-17-5-8-18(9-6-17)23(2,3)4/h5-12,15H,13-14H2,1-4H3,(H,24,27)/b12-7+. The van der Waals surface area contributed by atoms with Gasteiger partial charge in [-0.1, -0.05) is 45.0 Å². The topological polar surface area (TPSA) is 58.6 Å². The maximum atomic E-state index is 12.2. The number of nitrogens with one attached hydrogen (secondary N) is 1. The van der Waals surface area contributed by atoms with E-state index < -0.39 is 0 Å². The van der Waals surface area contributed by atoms with Crippen molar-refractivity contribution >= 4 is 29.3 Å². The maximum Gasteiger partial charge on any atom is 0.248 e. The van der Waals surface area contributed by atoms with Gasteiger partial charge < -0.3 is 15.0 Å². The minimum atomic E-state index is -0.223. The normalized spacial score (nSPS) is 13.8. The van der Waals surface area contributed by atoms with Gasteiger partial charge in [-0.3, -0.25) is 9.59 Å². The lowest BCUT2D eigenvalue weighted by Crippen LogP contribution is -2.36. The maximum absolute atomic E-state index is 12.2. The van der Waals surface area contributed by atoms with Crippen LogP contribution in [0.4, 0.5) is 11.4 Å². The van der Waals surface area contributed by atoms with Crippen molar-refractivity contribution in [1.29, 1.82) is 0 Å². The van der Waals surface area contributed by atoms with Crippen LogP contribution in [0.25, 0.3) is 6.08 Å². The Balaban J connectivity index is 1.66. The number of hydrogen-bond donors (Lipinski definition) is 1. The second-order valence-electron chi connectivity index (χ2n) is 7.90. The fourth-order valence-electron chi connectivity index (χ4n) is 3.07. The first-order chi connectivity index (χ1) is 13.2. The van der Waals surface area contributed by atoms with Crippen LogP contribution in [-0.2, 0) is 15.0 Å². The SMILES string of the molecule is CC(=O)N1CCOc2cc(NC(=O)/C=C/c3ccc(C(C)(C)C)cc3)ccc21. The summed E-state index contributed by atoms with van der Waals surface area (Å²) >= 11 is 0. The number of fused-ring (bicyclic) bond motifs is 1. The number of carbonyl (C=O) groups is 2. The van der Waals surface area contributed by atoms with E-state index in [4.69, 9.17) is 4.74 Å². The molecule has 1 aliphatic rings. The summed E-state index contributed by atoms with van der Waals surface area (Å²) in [7, 11) is 0. The monoisotopic (exact) mass is 378 g/mol. The number of nitrogens with zero attached hydrogens (tertiary/aromatic N) is 1. The largest absolute Gasteiger partial charge is 0.489 e. The third-order valence-electron chi connectivity index (χ3n) is 4.67. The molecule has 2 amide bonds. The highest BCUT2D eigenvalue weighted by Crippen LogP contribution is 2.34. The summed E-state index contributed by atoms with van der Waals surface area (Å²) in [5.41, 5.74) is 3.68. The van der Waals surface area contributed by atoms with Gasteiger partial charge in [0, 0.05) is 24.8 Å². The smallest absolute Gasteiger partial charge is 0.248 e. The van der Waals surface area contributed by atoms with E-state index in [1.807, 2.05) is 12.1 Å². The van der Waals surface area contributed by atoms with Crippen LogP contribution in [0.2, 0.25) is 0 Å². The molecule has 1 N–H and O–H groups in total. The summed E-state index contributed by atoms with van der Waals surface area (Å²) in [6, 6.07) is 13.5. The minimum absolute atomic E-state index is 0.0262. The van der Waals surface area contributed by atoms with E-state index >= 15 is 0 Å². The molecule has 0 spiro atoms. The van der Waals surface area contributed by atoms with E-state index in [0.29, 0.717) is 24.6 Å². The molecule has 5 nitrogen and oxygen atoms in total. The van der Waals surface area contributed by atoms with Gasteiger partial charge in [0.15, 0.2) is 0 Å². The predicted octanol–water partition coefficient (Wildman–Crippen LogP) is 4.38. The van der Waals surface area contributed by atoms with Gasteiger partial charge in [-0.2, -0.15) is 0 Å². The number of benzene rings is 2. The first kappa shape index (κ1) is 19.7. The van der Waals surface area contributed by atoms with Gasteiger partial charge in [0.1, 0.15) is 12.4 Å². The lowest BCUT2D eigenvalue weighted by molar-refractivity contribution is -0.116. The molecule has 5 heteroatoms. The van der Waals surface area contributed by atoms with E-state index in [-0.39, 0.29) is 17.2 Å². The molecule has 28 heavy (non-hydrogen) atoms. The van der Waals surface area contributed by atoms with Gasteiger partial charge in [0.2, 0.25) is 11.8 Å². The van der Waals surface area contributed by atoms with Gasteiger partial charge in [0.25, 0.3) is 0 Å². The van der Waals surface area contributed by atoms with E-state index in [0.717, 1.165) is 11.3 Å². The molecule has 3 rings (SSSR count). The first-order valence-electron chi connectivity index (χ1n) is 9.38. The molecule has 0 saturated heterocycles. The van der Waals surface area contributed by atoms with Crippen LogP contribution in [-0.4, -0.2) is 25.0 Å². The molecule has 146 valence electrons. The first-order valence-corrected chi connectivity index (χ1v) is 9.38. The average molecular weight is 378 g/mol. The third kappa shape index (κ3) is 4.60. The molecule has 0 atom stereocenters. The zero-order valence-corrected chi connectivity index (χ0v) is 16.8. The Labute approximate surface area is 166 Å². The van der Waals surface area contributed by atoms with Crippen molar-refractivity contribution in [3.8, 4) is 5.75 Å². The Hall–Kier alpha value is -3.08. The summed E-state index contributed by atoms with van der Waals surface area (Å²) in [5, 5.41) is 2.83. The molecular weight excluding hydrogens is 352 g/mol. The number of hydrogen-bond acceptors (Lipinski definition) is 3. The van der Waals surface area contributed by atoms with E-state index in [9.17, 15) is 9.59 Å². The number of amides is 2. The molecule has 0 radical (unpaired) electrons. The van der Waals surface area contributed by atoms with Crippen molar-refractivity contribution in [2.75, 3.05) is 23.4 Å². The zero-order chi connectivity index (χ0) is 20.3. The van der Waals surface area contributed by atoms with Crippen LogP contribution in [0, 0.1) is 0 Å². The van der Waals surface area contributed by atoms with Crippen molar-refractivity contribution in [1.82, 2.24) is 0 Å². The Morgan fingerprint density at radius 2 is 1.82 bits per heavy atom. The van der Waals surface area contributed by atoms with Gasteiger partial charge in [0.05, 0.1) is 12.2 Å². The molecule has 1 heterocycles. The van der Waals surface area contributed by atoms with Crippen LogP contribution < -0.4 is 15.0 Å². The molecule has 0 bridgehead atoms. The third-order valence-corrected chi connectivity index (χ3v) is 4.67. The second kappa shape index (κ2) is 7.89. The van der Waals surface area contributed by atoms with Crippen molar-refractivity contribution in [2.45, 2.75) is 33.1 Å². The van der Waals surface area contributed by atoms with Crippen LogP contribution >= 0.6 is 0 Å². The second-order valence-corrected chi connectivity index (χ2v) is 7.90. The molecule has 0 saturated carbocycles. The van der Waals surface area contributed by atoms with Crippen LogP contribution in [0.15, 0.2) is 48.5 Å². The molecule has 0 aliphatic carbocycles. The van der Waals surface area contributed by atoms with Crippen molar-refractivity contribution in [2.24, 2.45) is 0 Å². The molecule has 2 aromatic carbocycles. The highest BCUT2D eigenvalue weighted by molar-refractivity contribution is 6.02. The number of rotatable bonds is 3. The van der Waals surface area contributed by atoms with Crippen LogP contribution in [0.1, 0.15) is 38.8 Å². The highest BCUT2D eigenvalue weighted by atomic mass is 16.5. The van der Waals surface area contributed by atoms with Gasteiger partial charge in [-0.05, 0) is 34.8 Å². The van der Waals surface area contributed by atoms with Crippen LogP contribution in [0.5, 0.6) is 5.75 Å². The molecule has 0 unspecified atom stereocenters. The lowest BCUT2D eigenvalue weighted by Gasteiger charge is -2.28. The van der Waals surface area contributed by atoms with E-state index in [2.05, 4.69) is 38.2 Å². The fraction of sp³-hybridized carbons (Fsp3) is 0.304.